The molecule has 2 aromatic heterocycles. The second-order valence-electron chi connectivity index (χ2n) is 11.2. The molecule has 11 heteroatoms. The van der Waals surface area contributed by atoms with E-state index >= 15 is 0 Å². The maximum Gasteiger partial charge on any atom is 0.338 e. The molecule has 4 atom stereocenters. The average molecular weight is 627 g/mol. The van der Waals surface area contributed by atoms with Crippen LogP contribution in [0.25, 0.3) is 22.6 Å². The lowest BCUT2D eigenvalue weighted by molar-refractivity contribution is -0.0252. The fourth-order valence-electron chi connectivity index (χ4n) is 5.80. The summed E-state index contributed by atoms with van der Waals surface area (Å²) in [4.78, 5) is 40.2. The van der Waals surface area contributed by atoms with Crippen molar-refractivity contribution in [2.45, 2.75) is 37.3 Å². The fourth-order valence-corrected chi connectivity index (χ4v) is 5.80. The highest BCUT2D eigenvalue weighted by Crippen LogP contribution is 2.35. The van der Waals surface area contributed by atoms with Gasteiger partial charge in [-0.3, -0.25) is 10.3 Å². The van der Waals surface area contributed by atoms with Gasteiger partial charge in [0.1, 0.15) is 17.6 Å². The Kier molecular flexibility index (Phi) is 8.35. The normalized spacial score (nSPS) is 20.9. The molecule has 5 aromatic rings. The number of fused-ring (bicyclic) bond motifs is 1. The van der Waals surface area contributed by atoms with Gasteiger partial charge < -0.3 is 14.6 Å². The molecule has 1 saturated carbocycles. The lowest BCUT2D eigenvalue weighted by Crippen LogP contribution is -2.47. The number of hydrogen-bond acceptors (Lipinski definition) is 10. The Bertz CT molecular complexity index is 1940. The molecule has 2 aliphatic rings. The molecule has 0 amide bonds. The topological polar surface area (TPSA) is 141 Å². The van der Waals surface area contributed by atoms with Crippen LogP contribution in [0.2, 0.25) is 0 Å². The minimum atomic E-state index is -1.03. The fraction of sp³-hybridized carbons (Fsp3) is 0.167. The largest absolute Gasteiger partial charge is 0.515 e. The summed E-state index contributed by atoms with van der Waals surface area (Å²) >= 11 is 0. The van der Waals surface area contributed by atoms with Gasteiger partial charge in [0.05, 0.1) is 41.5 Å². The van der Waals surface area contributed by atoms with Crippen LogP contribution in [-0.2, 0) is 9.47 Å². The van der Waals surface area contributed by atoms with Crippen molar-refractivity contribution >= 4 is 24.0 Å². The van der Waals surface area contributed by atoms with Gasteiger partial charge in [0.25, 0.3) is 0 Å². The molecule has 1 fully saturated rings. The molecule has 2 N–H and O–H groups in total. The molecule has 3 heterocycles. The Morgan fingerprint density at radius 1 is 0.830 bits per heavy atom. The van der Waals surface area contributed by atoms with E-state index in [1.165, 1.54) is 0 Å². The van der Waals surface area contributed by atoms with Gasteiger partial charge in [0.15, 0.2) is 18.0 Å². The average Bonchev–Trinajstić information content (AvgIpc) is 3.71. The first kappa shape index (κ1) is 29.8. The van der Waals surface area contributed by atoms with Gasteiger partial charge in [0.2, 0.25) is 0 Å². The summed E-state index contributed by atoms with van der Waals surface area (Å²) in [5, 5.41) is 18.6. The Morgan fingerprint density at radius 3 is 2.15 bits per heavy atom. The summed E-state index contributed by atoms with van der Waals surface area (Å²) in [5.41, 5.74) is 3.96. The van der Waals surface area contributed by atoms with Crippen molar-refractivity contribution in [2.75, 3.05) is 0 Å². The quantitative estimate of drug-likeness (QED) is 0.160. The molecular formula is C36H30N6O5. The van der Waals surface area contributed by atoms with E-state index in [0.717, 1.165) is 17.5 Å². The van der Waals surface area contributed by atoms with Crippen molar-refractivity contribution in [1.29, 1.82) is 0 Å². The molecule has 1 aliphatic heterocycles. The molecule has 234 valence electrons. The SMILES string of the molecule is O=C(O[C@@H]1[C@H](OC(=O)c2ccccc2)/C(=C\O)C[C@H]1NC1CC=Nc2cc(-c3cncc(-c4ccccc4)n3)nn21)c1ccccc1. The van der Waals surface area contributed by atoms with E-state index in [-0.39, 0.29) is 6.42 Å². The molecule has 1 unspecified atom stereocenters. The van der Waals surface area contributed by atoms with E-state index < -0.39 is 36.4 Å². The first-order chi connectivity index (χ1) is 23.1. The van der Waals surface area contributed by atoms with Gasteiger partial charge in [-0.2, -0.15) is 5.10 Å². The van der Waals surface area contributed by atoms with E-state index in [4.69, 9.17) is 19.6 Å². The zero-order chi connectivity index (χ0) is 32.2. The van der Waals surface area contributed by atoms with Crippen molar-refractivity contribution in [1.82, 2.24) is 25.1 Å². The van der Waals surface area contributed by atoms with Crippen LogP contribution in [-0.4, -0.2) is 61.3 Å². The number of carbonyl (C=O) groups excluding carboxylic acids is 2. The number of esters is 2. The number of aromatic nitrogens is 4. The number of rotatable bonds is 8. The number of nitrogens with one attached hydrogen (secondary N) is 1. The van der Waals surface area contributed by atoms with Crippen LogP contribution in [0.15, 0.2) is 126 Å². The third-order valence-electron chi connectivity index (χ3n) is 8.11. The van der Waals surface area contributed by atoms with Crippen LogP contribution in [0.1, 0.15) is 39.7 Å². The monoisotopic (exact) mass is 626 g/mol. The predicted molar refractivity (Wildman–Crippen MR) is 174 cm³/mol. The molecule has 0 saturated heterocycles. The van der Waals surface area contributed by atoms with E-state index in [2.05, 4.69) is 15.3 Å². The van der Waals surface area contributed by atoms with E-state index in [1.54, 1.807) is 84.0 Å². The van der Waals surface area contributed by atoms with Crippen LogP contribution in [0.4, 0.5) is 5.82 Å². The number of aliphatic hydroxyl groups is 1. The molecule has 0 bridgehead atoms. The van der Waals surface area contributed by atoms with E-state index in [1.807, 2.05) is 36.4 Å². The van der Waals surface area contributed by atoms with Crippen LogP contribution >= 0.6 is 0 Å². The molecule has 7 rings (SSSR count). The smallest absolute Gasteiger partial charge is 0.338 e. The minimum absolute atomic E-state index is 0.248. The number of aliphatic hydroxyl groups excluding tert-OH is 1. The highest BCUT2D eigenvalue weighted by Gasteiger charge is 2.46. The third kappa shape index (κ3) is 6.29. The molecule has 0 radical (unpaired) electrons. The van der Waals surface area contributed by atoms with Gasteiger partial charge >= 0.3 is 11.9 Å². The van der Waals surface area contributed by atoms with Crippen LogP contribution in [0.3, 0.4) is 0 Å². The number of nitrogens with zero attached hydrogens (tertiary/aromatic N) is 5. The van der Waals surface area contributed by atoms with E-state index in [9.17, 15) is 14.7 Å². The number of benzene rings is 3. The minimum Gasteiger partial charge on any atom is -0.515 e. The standard InChI is InChI=1S/C36H30N6O5/c43-22-26-18-28(34(47-36(45)25-14-8-3-9-15-25)33(26)46-35(44)24-12-6-2-7-13-24)40-31-16-17-38-32-19-27(41-42(31)32)30-21-37-20-29(39-30)23-10-4-1-5-11-23/h1-15,17,19-22,28,31,33-34,40,43H,16,18H2/b26-22-/t28-,31?,33-,34+/m1/s1. The van der Waals surface area contributed by atoms with Crippen molar-refractivity contribution in [3.05, 3.63) is 132 Å². The van der Waals surface area contributed by atoms with Gasteiger partial charge in [-0.1, -0.05) is 66.7 Å². The van der Waals surface area contributed by atoms with Crippen molar-refractivity contribution in [3.63, 3.8) is 0 Å². The third-order valence-corrected chi connectivity index (χ3v) is 8.11. The maximum atomic E-state index is 13.3. The van der Waals surface area contributed by atoms with Gasteiger partial charge in [-0.15, -0.1) is 0 Å². The van der Waals surface area contributed by atoms with Crippen LogP contribution in [0.5, 0.6) is 0 Å². The van der Waals surface area contributed by atoms with Crippen molar-refractivity contribution in [3.8, 4) is 22.6 Å². The Hall–Kier alpha value is -5.94. The van der Waals surface area contributed by atoms with Gasteiger partial charge in [-0.25, -0.2) is 24.2 Å². The van der Waals surface area contributed by atoms with Crippen LogP contribution in [0, 0.1) is 0 Å². The summed E-state index contributed by atoms with van der Waals surface area (Å²) in [7, 11) is 0. The molecule has 47 heavy (non-hydrogen) atoms. The van der Waals surface area contributed by atoms with E-state index in [0.29, 0.717) is 40.3 Å². The maximum absolute atomic E-state index is 13.3. The lowest BCUT2D eigenvalue weighted by Gasteiger charge is -2.30. The molecule has 3 aromatic carbocycles. The molecule has 1 aliphatic carbocycles. The van der Waals surface area contributed by atoms with Crippen molar-refractivity contribution < 1.29 is 24.2 Å². The van der Waals surface area contributed by atoms with Crippen LogP contribution < -0.4 is 5.32 Å². The lowest BCUT2D eigenvalue weighted by atomic mass is 10.1. The Balaban J connectivity index is 1.17. The number of carbonyl (C=O) groups is 2. The Labute approximate surface area is 270 Å². The number of ether oxygens (including phenoxy) is 2. The molecule has 11 nitrogen and oxygen atoms in total. The number of hydrogen-bond donors (Lipinski definition) is 2. The zero-order valence-corrected chi connectivity index (χ0v) is 25.1. The highest BCUT2D eigenvalue weighted by molar-refractivity contribution is 5.90. The zero-order valence-electron chi connectivity index (χ0n) is 25.1. The summed E-state index contributed by atoms with van der Waals surface area (Å²) in [6, 6.07) is 28.2. The van der Waals surface area contributed by atoms with Crippen molar-refractivity contribution in [2.24, 2.45) is 4.99 Å². The first-order valence-corrected chi connectivity index (χ1v) is 15.2. The molecular weight excluding hydrogens is 596 g/mol. The summed E-state index contributed by atoms with van der Waals surface area (Å²) in [6.45, 7) is 0. The highest BCUT2D eigenvalue weighted by atomic mass is 16.6. The second kappa shape index (κ2) is 13.2. The summed E-state index contributed by atoms with van der Waals surface area (Å²) in [6.07, 6.45) is 4.43. The van der Waals surface area contributed by atoms with Gasteiger partial charge in [0, 0.05) is 29.8 Å². The second-order valence-corrected chi connectivity index (χ2v) is 11.2. The predicted octanol–water partition coefficient (Wildman–Crippen LogP) is 5.87. The van der Waals surface area contributed by atoms with Gasteiger partial charge in [-0.05, 0) is 30.7 Å². The molecule has 0 spiro atoms. The number of aliphatic imine (C=N–C) groups is 1. The summed E-state index contributed by atoms with van der Waals surface area (Å²) in [5.74, 6) is -0.568. The first-order valence-electron chi connectivity index (χ1n) is 15.2. The Morgan fingerprint density at radius 2 is 1.47 bits per heavy atom. The summed E-state index contributed by atoms with van der Waals surface area (Å²) < 4.78 is 13.7.